The highest BCUT2D eigenvalue weighted by Gasteiger charge is 2.17. The topological polar surface area (TPSA) is 87.7 Å². The summed E-state index contributed by atoms with van der Waals surface area (Å²) in [6.07, 6.45) is 1.69. The van der Waals surface area contributed by atoms with Gasteiger partial charge in [0.1, 0.15) is 0 Å². The maximum Gasteiger partial charge on any atom is 0.337 e. The number of para-hydroxylation sites is 1. The quantitative estimate of drug-likeness (QED) is 0.698. The van der Waals surface area contributed by atoms with Crippen molar-refractivity contribution in [3.05, 3.63) is 28.2 Å². The third-order valence-corrected chi connectivity index (χ3v) is 3.48. The van der Waals surface area contributed by atoms with E-state index in [0.29, 0.717) is 11.1 Å². The fourth-order valence-electron chi connectivity index (χ4n) is 1.91. The first-order valence-electron chi connectivity index (χ1n) is 6.57. The number of hydrogen-bond donors (Lipinski definition) is 3. The van der Waals surface area contributed by atoms with Gasteiger partial charge in [-0.05, 0) is 34.5 Å². The minimum absolute atomic E-state index is 0.0262. The number of anilines is 1. The third kappa shape index (κ3) is 5.35. The number of halogens is 1. The lowest BCUT2D eigenvalue weighted by molar-refractivity contribution is 0.0698. The molecule has 116 valence electrons. The molecule has 0 bridgehead atoms. The molecule has 1 unspecified atom stereocenters. The summed E-state index contributed by atoms with van der Waals surface area (Å²) in [5.41, 5.74) is 0.258. The molecule has 0 radical (unpaired) electrons. The molecule has 1 aromatic rings. The number of carboxylic acid groups (broad SMARTS) is 1. The monoisotopic (exact) mass is 358 g/mol. The lowest BCUT2D eigenvalue weighted by Crippen LogP contribution is -2.40. The Labute approximate surface area is 132 Å². The van der Waals surface area contributed by atoms with Crippen molar-refractivity contribution >= 4 is 33.6 Å². The fourth-order valence-corrected chi connectivity index (χ4v) is 2.38. The average molecular weight is 359 g/mol. The summed E-state index contributed by atoms with van der Waals surface area (Å²) in [6.45, 7) is 2.42. The molecule has 0 heterocycles. The number of hydrogen-bond acceptors (Lipinski definition) is 3. The number of carboxylic acids is 1. The largest absolute Gasteiger partial charge is 0.478 e. The number of methoxy groups -OCH3 is 1. The molecule has 0 aliphatic heterocycles. The predicted molar refractivity (Wildman–Crippen MR) is 83.8 cm³/mol. The lowest BCUT2D eigenvalue weighted by Gasteiger charge is -2.18. The summed E-state index contributed by atoms with van der Waals surface area (Å²) in [4.78, 5) is 23.2. The van der Waals surface area contributed by atoms with Gasteiger partial charge in [0.25, 0.3) is 0 Å². The summed E-state index contributed by atoms with van der Waals surface area (Å²) in [5.74, 6) is -1.10. The summed E-state index contributed by atoms with van der Waals surface area (Å²) in [5, 5.41) is 14.5. The van der Waals surface area contributed by atoms with Gasteiger partial charge in [0, 0.05) is 11.6 Å². The first-order chi connectivity index (χ1) is 9.99. The van der Waals surface area contributed by atoms with E-state index in [2.05, 4.69) is 26.6 Å². The SMILES string of the molecule is CCCC(COC)NC(=O)Nc1c(Br)cccc1C(=O)O. The van der Waals surface area contributed by atoms with Gasteiger partial charge < -0.3 is 20.5 Å². The first kappa shape index (κ1) is 17.5. The van der Waals surface area contributed by atoms with E-state index in [4.69, 9.17) is 9.84 Å². The number of amides is 2. The summed E-state index contributed by atoms with van der Waals surface area (Å²) in [7, 11) is 1.57. The van der Waals surface area contributed by atoms with Gasteiger partial charge in [-0.15, -0.1) is 0 Å². The first-order valence-corrected chi connectivity index (χ1v) is 7.37. The molecule has 21 heavy (non-hydrogen) atoms. The van der Waals surface area contributed by atoms with Crippen molar-refractivity contribution in [2.75, 3.05) is 19.0 Å². The predicted octanol–water partition coefficient (Wildman–Crippen LogP) is 3.08. The van der Waals surface area contributed by atoms with Crippen LogP contribution in [0, 0.1) is 0 Å². The van der Waals surface area contributed by atoms with E-state index < -0.39 is 12.0 Å². The van der Waals surface area contributed by atoms with Crippen molar-refractivity contribution in [2.24, 2.45) is 0 Å². The molecule has 3 N–H and O–H groups in total. The van der Waals surface area contributed by atoms with Gasteiger partial charge in [0.15, 0.2) is 0 Å². The Morgan fingerprint density at radius 3 is 2.71 bits per heavy atom. The number of rotatable bonds is 7. The molecule has 0 spiro atoms. The van der Waals surface area contributed by atoms with E-state index in [9.17, 15) is 9.59 Å². The second-order valence-electron chi connectivity index (χ2n) is 4.51. The highest BCUT2D eigenvalue weighted by atomic mass is 79.9. The third-order valence-electron chi connectivity index (χ3n) is 2.82. The molecule has 0 aliphatic rings. The van der Waals surface area contributed by atoms with Crippen LogP contribution in [0.15, 0.2) is 22.7 Å². The summed E-state index contributed by atoms with van der Waals surface area (Å²) < 4.78 is 5.56. The lowest BCUT2D eigenvalue weighted by atomic mass is 10.1. The Morgan fingerprint density at radius 2 is 2.14 bits per heavy atom. The zero-order valence-corrected chi connectivity index (χ0v) is 13.6. The second kappa shape index (κ2) is 8.63. The van der Waals surface area contributed by atoms with Crippen molar-refractivity contribution in [2.45, 2.75) is 25.8 Å². The van der Waals surface area contributed by atoms with Gasteiger partial charge in [-0.1, -0.05) is 19.4 Å². The van der Waals surface area contributed by atoms with E-state index >= 15 is 0 Å². The molecule has 0 saturated carbocycles. The van der Waals surface area contributed by atoms with Crippen LogP contribution in [0.1, 0.15) is 30.1 Å². The van der Waals surface area contributed by atoms with Crippen LogP contribution in [0.3, 0.4) is 0 Å². The molecule has 7 heteroatoms. The number of nitrogens with one attached hydrogen (secondary N) is 2. The van der Waals surface area contributed by atoms with Crippen molar-refractivity contribution in [1.82, 2.24) is 5.32 Å². The van der Waals surface area contributed by atoms with Crippen LogP contribution in [0.2, 0.25) is 0 Å². The Balaban J connectivity index is 2.81. The van der Waals surface area contributed by atoms with E-state index in [1.165, 1.54) is 6.07 Å². The molecular formula is C14H19BrN2O4. The van der Waals surface area contributed by atoms with Crippen LogP contribution in [0.25, 0.3) is 0 Å². The molecule has 0 aromatic heterocycles. The van der Waals surface area contributed by atoms with Gasteiger partial charge >= 0.3 is 12.0 Å². The molecular weight excluding hydrogens is 340 g/mol. The smallest absolute Gasteiger partial charge is 0.337 e. The number of carbonyl (C=O) groups is 2. The maximum absolute atomic E-state index is 12.0. The molecule has 1 aromatic carbocycles. The van der Waals surface area contributed by atoms with Gasteiger partial charge in [0.2, 0.25) is 0 Å². The number of ether oxygens (including phenoxy) is 1. The highest BCUT2D eigenvalue weighted by molar-refractivity contribution is 9.10. The average Bonchev–Trinajstić information content (AvgIpc) is 2.41. The fraction of sp³-hybridized carbons (Fsp3) is 0.429. The molecule has 0 aliphatic carbocycles. The normalized spacial score (nSPS) is 11.8. The summed E-state index contributed by atoms with van der Waals surface area (Å²) >= 11 is 3.24. The number of carbonyl (C=O) groups excluding carboxylic acids is 1. The van der Waals surface area contributed by atoms with Crippen LogP contribution in [0.4, 0.5) is 10.5 Å². The summed E-state index contributed by atoms with van der Waals surface area (Å²) in [6, 6.07) is 4.12. The maximum atomic E-state index is 12.0. The number of benzene rings is 1. The van der Waals surface area contributed by atoms with Crippen LogP contribution in [0.5, 0.6) is 0 Å². The molecule has 0 saturated heterocycles. The van der Waals surface area contributed by atoms with Crippen molar-refractivity contribution in [1.29, 1.82) is 0 Å². The molecule has 1 atom stereocenters. The second-order valence-corrected chi connectivity index (χ2v) is 5.36. The minimum atomic E-state index is -1.10. The van der Waals surface area contributed by atoms with E-state index in [-0.39, 0.29) is 17.3 Å². The van der Waals surface area contributed by atoms with Crippen LogP contribution in [-0.2, 0) is 4.74 Å². The highest BCUT2D eigenvalue weighted by Crippen LogP contribution is 2.26. The van der Waals surface area contributed by atoms with Crippen LogP contribution in [-0.4, -0.2) is 36.9 Å². The Bertz CT molecular complexity index is 502. The zero-order valence-electron chi connectivity index (χ0n) is 12.0. The van der Waals surface area contributed by atoms with Crippen LogP contribution >= 0.6 is 15.9 Å². The zero-order chi connectivity index (χ0) is 15.8. The van der Waals surface area contributed by atoms with Gasteiger partial charge in [-0.2, -0.15) is 0 Å². The Hall–Kier alpha value is -1.60. The van der Waals surface area contributed by atoms with Crippen LogP contribution < -0.4 is 10.6 Å². The van der Waals surface area contributed by atoms with Gasteiger partial charge in [-0.3, -0.25) is 0 Å². The molecule has 0 fully saturated rings. The Morgan fingerprint density at radius 1 is 1.43 bits per heavy atom. The molecule has 1 rings (SSSR count). The van der Waals surface area contributed by atoms with Crippen molar-refractivity contribution in [3.8, 4) is 0 Å². The molecule has 6 nitrogen and oxygen atoms in total. The van der Waals surface area contributed by atoms with E-state index in [1.54, 1.807) is 19.2 Å². The van der Waals surface area contributed by atoms with E-state index in [1.807, 2.05) is 6.92 Å². The number of urea groups is 1. The number of aromatic carboxylic acids is 1. The standard InChI is InChI=1S/C14H19BrN2O4/c1-3-5-9(8-21-2)16-14(20)17-12-10(13(18)19)6-4-7-11(12)15/h4,6-7,9H,3,5,8H2,1-2H3,(H,18,19)(H2,16,17,20). The van der Waals surface area contributed by atoms with Gasteiger partial charge in [-0.25, -0.2) is 9.59 Å². The van der Waals surface area contributed by atoms with Crippen molar-refractivity contribution < 1.29 is 19.4 Å². The van der Waals surface area contributed by atoms with Crippen molar-refractivity contribution in [3.63, 3.8) is 0 Å². The van der Waals surface area contributed by atoms with E-state index in [0.717, 1.165) is 12.8 Å². The molecule has 2 amide bonds. The Kier molecular flexibility index (Phi) is 7.18. The van der Waals surface area contributed by atoms with Gasteiger partial charge in [0.05, 0.1) is 23.9 Å². The minimum Gasteiger partial charge on any atom is -0.478 e.